The Kier molecular flexibility index (Phi) is 4.62. The van der Waals surface area contributed by atoms with Crippen LogP contribution in [0.5, 0.6) is 5.75 Å². The second kappa shape index (κ2) is 6.83. The summed E-state index contributed by atoms with van der Waals surface area (Å²) in [4.78, 5) is 11.8. The van der Waals surface area contributed by atoms with Crippen molar-refractivity contribution in [2.24, 2.45) is 0 Å². The van der Waals surface area contributed by atoms with Crippen molar-refractivity contribution in [3.63, 3.8) is 0 Å². The molecule has 6 nitrogen and oxygen atoms in total. The Morgan fingerprint density at radius 1 is 1.48 bits per heavy atom. The maximum Gasteiger partial charge on any atom is 0.265 e. The van der Waals surface area contributed by atoms with E-state index in [2.05, 4.69) is 22.7 Å². The van der Waals surface area contributed by atoms with Gasteiger partial charge in [-0.25, -0.2) is 0 Å². The van der Waals surface area contributed by atoms with E-state index in [1.807, 2.05) is 42.1 Å². The summed E-state index contributed by atoms with van der Waals surface area (Å²) in [5.74, 6) is 0.674. The summed E-state index contributed by atoms with van der Waals surface area (Å²) >= 11 is 0. The van der Waals surface area contributed by atoms with Crippen molar-refractivity contribution < 1.29 is 9.53 Å². The highest BCUT2D eigenvalue weighted by molar-refractivity contribution is 5.97. The van der Waals surface area contributed by atoms with Gasteiger partial charge in [-0.1, -0.05) is 13.0 Å². The molecule has 2 aromatic rings. The first-order chi connectivity index (χ1) is 11.2. The van der Waals surface area contributed by atoms with E-state index < -0.39 is 6.10 Å². The van der Waals surface area contributed by atoms with Crippen molar-refractivity contribution in [1.82, 2.24) is 15.1 Å². The van der Waals surface area contributed by atoms with E-state index in [0.29, 0.717) is 6.42 Å². The van der Waals surface area contributed by atoms with Crippen LogP contribution in [0, 0.1) is 0 Å². The van der Waals surface area contributed by atoms with Crippen molar-refractivity contribution in [3.8, 4) is 5.75 Å². The molecule has 6 heteroatoms. The van der Waals surface area contributed by atoms with Gasteiger partial charge in [0, 0.05) is 25.0 Å². The Morgan fingerprint density at radius 3 is 3.09 bits per heavy atom. The van der Waals surface area contributed by atoms with Crippen LogP contribution < -0.4 is 15.4 Å². The van der Waals surface area contributed by atoms with Gasteiger partial charge in [0.2, 0.25) is 0 Å². The number of rotatable bonds is 6. The van der Waals surface area contributed by atoms with E-state index in [0.717, 1.165) is 30.1 Å². The van der Waals surface area contributed by atoms with Crippen molar-refractivity contribution in [2.45, 2.75) is 39.0 Å². The van der Waals surface area contributed by atoms with E-state index in [1.165, 1.54) is 0 Å². The Labute approximate surface area is 135 Å². The molecule has 1 aromatic carbocycles. The fourth-order valence-electron chi connectivity index (χ4n) is 2.64. The molecule has 1 amide bonds. The summed E-state index contributed by atoms with van der Waals surface area (Å²) < 4.78 is 7.69. The summed E-state index contributed by atoms with van der Waals surface area (Å²) in [6.45, 7) is 5.71. The summed E-state index contributed by atoms with van der Waals surface area (Å²) in [6, 6.07) is 8.03. The summed E-state index contributed by atoms with van der Waals surface area (Å²) in [5.41, 5.74) is 1.88. The molecule has 3 rings (SSSR count). The molecule has 122 valence electrons. The predicted molar refractivity (Wildman–Crippen MR) is 88.4 cm³/mol. The number of hydrogen-bond donors (Lipinski definition) is 2. The maximum atomic E-state index is 11.8. The normalized spacial score (nSPS) is 18.0. The van der Waals surface area contributed by atoms with Gasteiger partial charge < -0.3 is 15.4 Å². The number of amides is 1. The Balaban J connectivity index is 1.63. The predicted octanol–water partition coefficient (Wildman–Crippen LogP) is 2.34. The van der Waals surface area contributed by atoms with Gasteiger partial charge in [0.25, 0.3) is 5.91 Å². The highest BCUT2D eigenvalue weighted by Crippen LogP contribution is 2.32. The van der Waals surface area contributed by atoms with Crippen molar-refractivity contribution in [2.75, 3.05) is 11.9 Å². The minimum atomic E-state index is -0.402. The molecule has 1 aromatic heterocycles. The van der Waals surface area contributed by atoms with Gasteiger partial charge >= 0.3 is 0 Å². The smallest absolute Gasteiger partial charge is 0.265 e. The van der Waals surface area contributed by atoms with Crippen LogP contribution in [-0.4, -0.2) is 28.3 Å². The lowest BCUT2D eigenvalue weighted by molar-refractivity contribution is -0.123. The number of aromatic nitrogens is 2. The third-order valence-corrected chi connectivity index (χ3v) is 4.05. The van der Waals surface area contributed by atoms with Crippen LogP contribution in [-0.2, 0) is 11.3 Å². The number of fused-ring (bicyclic) bond motifs is 1. The van der Waals surface area contributed by atoms with Crippen LogP contribution in [0.4, 0.5) is 5.69 Å². The number of hydrogen-bond acceptors (Lipinski definition) is 4. The molecule has 0 unspecified atom stereocenters. The molecule has 1 aliphatic heterocycles. The zero-order valence-electron chi connectivity index (χ0n) is 13.5. The van der Waals surface area contributed by atoms with E-state index in [-0.39, 0.29) is 11.9 Å². The SMILES string of the molecule is CC[C@H]1Oc2cc([C@@H](C)NCCn3cccn3)ccc2NC1=O. The van der Waals surface area contributed by atoms with E-state index in [1.54, 1.807) is 6.20 Å². The van der Waals surface area contributed by atoms with Crippen LogP contribution in [0.25, 0.3) is 0 Å². The van der Waals surface area contributed by atoms with Gasteiger partial charge in [0.05, 0.1) is 12.2 Å². The molecular formula is C17H22N4O2. The number of nitrogens with one attached hydrogen (secondary N) is 2. The third kappa shape index (κ3) is 3.53. The summed E-state index contributed by atoms with van der Waals surface area (Å²) in [5, 5.41) is 10.6. The molecule has 2 N–H and O–H groups in total. The van der Waals surface area contributed by atoms with Gasteiger partial charge in [-0.2, -0.15) is 5.10 Å². The quantitative estimate of drug-likeness (QED) is 0.859. The first kappa shape index (κ1) is 15.6. The molecule has 0 bridgehead atoms. The summed E-state index contributed by atoms with van der Waals surface area (Å²) in [6.07, 6.45) is 3.99. The van der Waals surface area contributed by atoms with Crippen molar-refractivity contribution in [3.05, 3.63) is 42.2 Å². The standard InChI is InChI=1S/C17H22N4O2/c1-3-15-17(22)20-14-6-5-13(11-16(14)23-15)12(2)18-8-10-21-9-4-7-19-21/h4-7,9,11-12,15,18H,3,8,10H2,1-2H3,(H,20,22)/t12-,15-/m1/s1. The Morgan fingerprint density at radius 2 is 2.35 bits per heavy atom. The number of benzene rings is 1. The Bertz CT molecular complexity index is 669. The monoisotopic (exact) mass is 314 g/mol. The van der Waals surface area contributed by atoms with E-state index in [9.17, 15) is 4.79 Å². The fourth-order valence-corrected chi connectivity index (χ4v) is 2.64. The molecule has 2 heterocycles. The average molecular weight is 314 g/mol. The van der Waals surface area contributed by atoms with Crippen molar-refractivity contribution in [1.29, 1.82) is 0 Å². The highest BCUT2D eigenvalue weighted by Gasteiger charge is 2.26. The van der Waals surface area contributed by atoms with Gasteiger partial charge in [0.15, 0.2) is 6.10 Å². The molecule has 0 saturated heterocycles. The highest BCUT2D eigenvalue weighted by atomic mass is 16.5. The van der Waals surface area contributed by atoms with E-state index >= 15 is 0 Å². The first-order valence-electron chi connectivity index (χ1n) is 7.99. The molecular weight excluding hydrogens is 292 g/mol. The minimum absolute atomic E-state index is 0.0712. The van der Waals surface area contributed by atoms with Crippen LogP contribution in [0.15, 0.2) is 36.7 Å². The average Bonchev–Trinajstić information content (AvgIpc) is 3.07. The van der Waals surface area contributed by atoms with Gasteiger partial charge in [-0.05, 0) is 37.1 Å². The molecule has 23 heavy (non-hydrogen) atoms. The topological polar surface area (TPSA) is 68.2 Å². The number of ether oxygens (including phenoxy) is 1. The first-order valence-corrected chi connectivity index (χ1v) is 7.99. The summed E-state index contributed by atoms with van der Waals surface area (Å²) in [7, 11) is 0. The molecule has 0 radical (unpaired) electrons. The zero-order valence-corrected chi connectivity index (χ0v) is 13.5. The molecule has 2 atom stereocenters. The van der Waals surface area contributed by atoms with Crippen LogP contribution in [0.2, 0.25) is 0 Å². The second-order valence-electron chi connectivity index (χ2n) is 5.70. The number of nitrogens with zero attached hydrogens (tertiary/aromatic N) is 2. The van der Waals surface area contributed by atoms with Gasteiger partial charge in [0.1, 0.15) is 5.75 Å². The van der Waals surface area contributed by atoms with Gasteiger partial charge in [-0.3, -0.25) is 9.48 Å². The Hall–Kier alpha value is -2.34. The maximum absolute atomic E-state index is 11.8. The number of carbonyl (C=O) groups excluding carboxylic acids is 1. The zero-order chi connectivity index (χ0) is 16.2. The van der Waals surface area contributed by atoms with Crippen LogP contribution in [0.3, 0.4) is 0 Å². The minimum Gasteiger partial charge on any atom is -0.478 e. The third-order valence-electron chi connectivity index (χ3n) is 4.05. The second-order valence-corrected chi connectivity index (χ2v) is 5.70. The molecule has 0 spiro atoms. The van der Waals surface area contributed by atoms with E-state index in [4.69, 9.17) is 4.74 Å². The largest absolute Gasteiger partial charge is 0.478 e. The number of carbonyl (C=O) groups is 1. The van der Waals surface area contributed by atoms with Crippen LogP contribution >= 0.6 is 0 Å². The lowest BCUT2D eigenvalue weighted by Gasteiger charge is -2.26. The molecule has 0 fully saturated rings. The fraction of sp³-hybridized carbons (Fsp3) is 0.412. The van der Waals surface area contributed by atoms with Gasteiger partial charge in [-0.15, -0.1) is 0 Å². The molecule has 0 saturated carbocycles. The number of anilines is 1. The van der Waals surface area contributed by atoms with Crippen LogP contribution in [0.1, 0.15) is 31.9 Å². The lowest BCUT2D eigenvalue weighted by Crippen LogP contribution is -2.36. The van der Waals surface area contributed by atoms with Crippen molar-refractivity contribution >= 4 is 11.6 Å². The lowest BCUT2D eigenvalue weighted by atomic mass is 10.1. The molecule has 0 aliphatic carbocycles. The molecule has 1 aliphatic rings.